The van der Waals surface area contributed by atoms with Gasteiger partial charge < -0.3 is 92.4 Å². The number of fused-ring (bicyclic) bond motifs is 8. The predicted octanol–water partition coefficient (Wildman–Crippen LogP) is 3.22. The van der Waals surface area contributed by atoms with Gasteiger partial charge in [0.1, 0.15) is 30.4 Å². The molecular formula is C72H105N9O13. The number of hydrogen-bond acceptors (Lipinski definition) is 18. The zero-order valence-electron chi connectivity index (χ0n) is 55.5. The number of carbonyl (C=O) groups excluding carboxylic acids is 1. The van der Waals surface area contributed by atoms with Crippen LogP contribution in [-0.2, 0) is 30.9 Å². The predicted molar refractivity (Wildman–Crippen MR) is 345 cm³/mol. The van der Waals surface area contributed by atoms with Crippen LogP contribution in [0.3, 0.4) is 0 Å². The van der Waals surface area contributed by atoms with Crippen molar-refractivity contribution in [2.75, 3.05) is 51.3 Å². The molecule has 13 aliphatic rings. The number of aliphatic hydroxyl groups is 8. The van der Waals surface area contributed by atoms with Crippen LogP contribution in [0.15, 0.2) is 42.7 Å². The van der Waals surface area contributed by atoms with E-state index in [1.165, 1.54) is 12.8 Å². The molecule has 10 aliphatic carbocycles. The Morgan fingerprint density at radius 3 is 2.48 bits per heavy atom. The van der Waals surface area contributed by atoms with Gasteiger partial charge in [-0.1, -0.05) is 95.9 Å². The number of aliphatic hydroxyl groups excluding tert-OH is 8. The Labute approximate surface area is 551 Å². The smallest absolute Gasteiger partial charge is 0.310 e. The lowest BCUT2D eigenvalue weighted by Gasteiger charge is -2.80. The number of aliphatic carboxylic acids is 1. The van der Waals surface area contributed by atoms with E-state index in [0.717, 1.165) is 37.0 Å². The van der Waals surface area contributed by atoms with E-state index in [2.05, 4.69) is 87.9 Å². The minimum atomic E-state index is -1.73. The van der Waals surface area contributed by atoms with E-state index in [1.54, 1.807) is 18.9 Å². The largest absolute Gasteiger partial charge is 0.481 e. The molecule has 2 saturated heterocycles. The van der Waals surface area contributed by atoms with Gasteiger partial charge in [0.15, 0.2) is 6.29 Å². The molecule has 1 amide bonds. The SMILES string of the molecule is C[C@@H]1CCC[C@H](NCCNC[C@H]([C@@H](N)O)[C@H](O)[C@]2(c3cnc[nH]3)C=C[C@@H]3[C@H]4[C@H]2NC(=O)[C@@]42CCC[C@H]2C#C[C@@]24C=C5[C@@H]6C[C@@](C)(CO)CC[C@]6(C(=O)O)[C@H]6CNc7nc[nH]c7C[C@H]6[C@@]5(C)[C@]5(CCC2)CC[C@@H]2[C@](C)(CO)[C@H](O[C@@H]6OC[C@@H](O)[C@H](O)[C@H]6O)[C@H](O)[C@@H]3[C@]2(C)[C@H]54)C1. The number of anilines is 1. The van der Waals surface area contributed by atoms with Crippen molar-refractivity contribution < 1.29 is 65.0 Å². The number of ether oxygens (including phenoxy) is 2. The summed E-state index contributed by atoms with van der Waals surface area (Å²) in [6.45, 7) is 11.9. The summed E-state index contributed by atoms with van der Waals surface area (Å²) >= 11 is 0. The number of aromatic amines is 2. The van der Waals surface area contributed by atoms with Crippen molar-refractivity contribution in [2.45, 2.75) is 204 Å². The maximum atomic E-state index is 16.4. The van der Waals surface area contributed by atoms with Gasteiger partial charge in [0.05, 0.1) is 77.6 Å². The van der Waals surface area contributed by atoms with Crippen LogP contribution in [0, 0.1) is 120 Å². The number of nitrogens with one attached hydrogen (secondary N) is 6. The van der Waals surface area contributed by atoms with Gasteiger partial charge in [0, 0.05) is 79.8 Å². The first-order valence-corrected chi connectivity index (χ1v) is 35.9. The molecule has 3 aliphatic heterocycles. The Hall–Kier alpha value is -4.32. The molecule has 0 aromatic carbocycles. The van der Waals surface area contributed by atoms with Crippen LogP contribution < -0.4 is 27.0 Å². The van der Waals surface area contributed by atoms with Crippen molar-refractivity contribution in [1.82, 2.24) is 35.9 Å². The van der Waals surface area contributed by atoms with Gasteiger partial charge in [0.25, 0.3) is 0 Å². The van der Waals surface area contributed by atoms with Gasteiger partial charge in [-0.05, 0) is 140 Å². The first-order valence-electron chi connectivity index (χ1n) is 35.9. The molecule has 30 atom stereocenters. The summed E-state index contributed by atoms with van der Waals surface area (Å²) in [7, 11) is 0. The summed E-state index contributed by atoms with van der Waals surface area (Å²) in [5.41, 5.74) is -0.0816. The first kappa shape index (κ1) is 65.6. The number of carboxylic acid groups (broad SMARTS) is 1. The fraction of sp³-hybridized carbons (Fsp3) is 0.806. The second-order valence-electron chi connectivity index (χ2n) is 33.6. The standard InChI is InChI=1S/C72H105N9O13/c1-37-9-6-11-39(25-37)76-24-23-74-29-41(58(73)89)56(88)72(49-31-75-35-79-49)20-13-40-50-53(86)57(94-60-54(87)52(85)47(84)32-93-60)65(3,34-83)48-14-19-69-16-8-15-68(61(69)66(48,50)4,18-12-38-10-7-17-70(38)51(40)55(72)81-62(70)90)28-43-44-27-64(2,33-82)21-22-71(44,63(91)92)45-30-77-59-46(78-36-80-59)26-42(45)67(43,69)5/h13,20,28,31,35-42,44-45,47-48,50-58,60-61,74,76-77,82-89H,6-11,14-17,19,21-27,29-30,32-34,73H2,1-5H3,(H,75,79)(H,78,80)(H,81,90)(H,91,92)/t37-,38+,39+,40+,41+,42-,44+,45+,47-,48-,50-,51+,52+,53-,54-,55-,56+,57-,58+,60+,61+,64+,65+,66-,67-,68-,69-,70-,71-,72+/m1/s1. The highest BCUT2D eigenvalue weighted by molar-refractivity contribution is 5.88. The second-order valence-corrected chi connectivity index (χ2v) is 33.6. The number of allylic oxidation sites excluding steroid dienone is 3. The van der Waals surface area contributed by atoms with E-state index in [4.69, 9.17) is 20.2 Å². The normalized spacial score (nSPS) is 50.3. The summed E-state index contributed by atoms with van der Waals surface area (Å²) < 4.78 is 13.2. The summed E-state index contributed by atoms with van der Waals surface area (Å²) in [5, 5.41) is 125. The molecule has 2 aromatic rings. The van der Waals surface area contributed by atoms with Crippen molar-refractivity contribution >= 4 is 17.7 Å². The van der Waals surface area contributed by atoms with Crippen LogP contribution in [0.25, 0.3) is 0 Å². The maximum Gasteiger partial charge on any atom is 0.310 e. The first-order chi connectivity index (χ1) is 44.9. The van der Waals surface area contributed by atoms with Crippen LogP contribution in [0.1, 0.15) is 142 Å². The number of hydrogen-bond donors (Lipinski definition) is 16. The molecule has 7 saturated carbocycles. The number of carbonyl (C=O) groups is 2. The Balaban J connectivity index is 0.957. The van der Waals surface area contributed by atoms with Crippen LogP contribution in [-0.4, -0.2) is 185 Å². The zero-order chi connectivity index (χ0) is 66.1. The number of nitrogens with two attached hydrogens (primary N) is 1. The van der Waals surface area contributed by atoms with E-state index >= 15 is 4.79 Å². The van der Waals surface area contributed by atoms with Crippen LogP contribution in [0.5, 0.6) is 0 Å². The number of rotatable bonds is 15. The van der Waals surface area contributed by atoms with Gasteiger partial charge in [-0.2, -0.15) is 0 Å². The third-order valence-electron chi connectivity index (χ3n) is 29.8. The maximum absolute atomic E-state index is 16.4. The van der Waals surface area contributed by atoms with Gasteiger partial charge in [-0.3, -0.25) is 9.59 Å². The van der Waals surface area contributed by atoms with Gasteiger partial charge in [-0.15, -0.1) is 0 Å². The minimum absolute atomic E-state index is 0.100. The molecule has 516 valence electrons. The van der Waals surface area contributed by atoms with Crippen LogP contribution in [0.4, 0.5) is 5.82 Å². The van der Waals surface area contributed by atoms with Crippen molar-refractivity contribution in [3.63, 3.8) is 0 Å². The number of nitrogens with zero attached hydrogens (tertiary/aromatic N) is 2. The highest BCUT2D eigenvalue weighted by atomic mass is 16.7. The third-order valence-corrected chi connectivity index (χ3v) is 29.8. The molecule has 22 nitrogen and oxygen atoms in total. The minimum Gasteiger partial charge on any atom is -0.481 e. The molecule has 1 spiro atoms. The molecule has 0 unspecified atom stereocenters. The number of H-pyrrole nitrogens is 2. The quantitative estimate of drug-likeness (QED) is 0.0400. The van der Waals surface area contributed by atoms with E-state index in [1.807, 2.05) is 13.0 Å². The van der Waals surface area contributed by atoms with Crippen LogP contribution in [0.2, 0.25) is 0 Å². The highest BCUT2D eigenvalue weighted by Gasteiger charge is 2.83. The molecule has 2 aromatic heterocycles. The molecule has 17 N–H and O–H groups in total. The zero-order valence-corrected chi connectivity index (χ0v) is 55.5. The number of amides is 1. The Morgan fingerprint density at radius 1 is 0.915 bits per heavy atom. The van der Waals surface area contributed by atoms with Gasteiger partial charge >= 0.3 is 5.97 Å². The van der Waals surface area contributed by atoms with Crippen molar-refractivity contribution in [3.05, 3.63) is 54.0 Å². The summed E-state index contributed by atoms with van der Waals surface area (Å²) in [4.78, 5) is 47.6. The second kappa shape index (κ2) is 23.1. The monoisotopic (exact) mass is 1300 g/mol. The Kier molecular flexibility index (Phi) is 16.1. The lowest BCUT2D eigenvalue weighted by molar-refractivity contribution is -0.353. The van der Waals surface area contributed by atoms with Gasteiger partial charge in [0.2, 0.25) is 5.91 Å². The van der Waals surface area contributed by atoms with Crippen molar-refractivity contribution in [1.29, 1.82) is 0 Å². The van der Waals surface area contributed by atoms with E-state index < -0.39 is 158 Å². The molecule has 15 rings (SSSR count). The molecule has 2 bridgehead atoms. The lowest BCUT2D eigenvalue weighted by Crippen LogP contribution is -2.78. The van der Waals surface area contributed by atoms with Crippen LogP contribution >= 0.6 is 0 Å². The fourth-order valence-electron chi connectivity index (χ4n) is 25.8. The highest BCUT2D eigenvalue weighted by Crippen LogP contribution is 2.85. The van der Waals surface area contributed by atoms with E-state index in [0.29, 0.717) is 107 Å². The average Bonchev–Trinajstić information content (AvgIpc) is 0.829. The number of aromatic nitrogens is 4. The van der Waals surface area contributed by atoms with Gasteiger partial charge in [-0.25, -0.2) is 9.97 Å². The number of imidazole rings is 2. The molecule has 9 fully saturated rings. The topological polar surface area (TPSA) is 366 Å². The average molecular weight is 1300 g/mol. The molecule has 22 heteroatoms. The van der Waals surface area contributed by atoms with E-state index in [-0.39, 0.29) is 43.4 Å². The Morgan fingerprint density at radius 2 is 1.73 bits per heavy atom. The Bertz CT molecular complexity index is 3360. The molecule has 5 heterocycles. The molecule has 94 heavy (non-hydrogen) atoms. The van der Waals surface area contributed by atoms with E-state index in [9.17, 15) is 50.8 Å². The van der Waals surface area contributed by atoms with Crippen molar-refractivity contribution in [3.8, 4) is 11.8 Å². The lowest BCUT2D eigenvalue weighted by atomic mass is 9.23. The summed E-state index contributed by atoms with van der Waals surface area (Å²) in [6.07, 6.45) is 11.0. The fourth-order valence-corrected chi connectivity index (χ4v) is 25.8. The summed E-state index contributed by atoms with van der Waals surface area (Å²) in [6, 6.07) is -0.504. The van der Waals surface area contributed by atoms with Crippen molar-refractivity contribution in [2.24, 2.45) is 114 Å². The number of carboxylic acids is 1. The molecule has 0 radical (unpaired) electrons. The third kappa shape index (κ3) is 8.80. The molecular weight excluding hydrogens is 1200 g/mol. The summed E-state index contributed by atoms with van der Waals surface area (Å²) in [5.74, 6) is 2.78.